The summed E-state index contributed by atoms with van der Waals surface area (Å²) in [4.78, 5) is 11.6. The molecule has 3 heteroatoms. The normalized spacial score (nSPS) is 21.2. The highest BCUT2D eigenvalue weighted by molar-refractivity contribution is 5.83. The van der Waals surface area contributed by atoms with Gasteiger partial charge in [0.2, 0.25) is 0 Å². The highest BCUT2D eigenvalue weighted by Crippen LogP contribution is 2.48. The van der Waals surface area contributed by atoms with Crippen molar-refractivity contribution in [2.24, 2.45) is 0 Å². The fourth-order valence-electron chi connectivity index (χ4n) is 2.61. The molecule has 3 rings (SSSR count). The van der Waals surface area contributed by atoms with Crippen LogP contribution in [0.25, 0.3) is 0 Å². The van der Waals surface area contributed by atoms with Crippen molar-refractivity contribution in [3.63, 3.8) is 0 Å². The van der Waals surface area contributed by atoms with Gasteiger partial charge in [0.05, 0.1) is 11.5 Å². The van der Waals surface area contributed by atoms with E-state index in [4.69, 9.17) is 4.74 Å². The molecule has 0 atom stereocenters. The van der Waals surface area contributed by atoms with Gasteiger partial charge in [0.25, 0.3) is 0 Å². The molecule has 0 bridgehead atoms. The number of hydrogen-bond donors (Lipinski definition) is 1. The number of benzene rings is 1. The van der Waals surface area contributed by atoms with Gasteiger partial charge < -0.3 is 9.84 Å². The summed E-state index contributed by atoms with van der Waals surface area (Å²) in [6.07, 6.45) is 4.93. The Morgan fingerprint density at radius 3 is 2.61 bits per heavy atom. The largest absolute Gasteiger partial charge is 0.490 e. The molecule has 2 fully saturated rings. The van der Waals surface area contributed by atoms with E-state index >= 15 is 0 Å². The summed E-state index contributed by atoms with van der Waals surface area (Å²) in [7, 11) is 0. The molecule has 96 valence electrons. The fourth-order valence-corrected chi connectivity index (χ4v) is 2.61. The van der Waals surface area contributed by atoms with Crippen molar-refractivity contribution in [2.75, 3.05) is 0 Å². The van der Waals surface area contributed by atoms with Crippen LogP contribution in [0.1, 0.15) is 43.2 Å². The molecule has 0 aromatic heterocycles. The van der Waals surface area contributed by atoms with Gasteiger partial charge >= 0.3 is 5.97 Å². The zero-order valence-electron chi connectivity index (χ0n) is 10.6. The minimum absolute atomic E-state index is 0.303. The van der Waals surface area contributed by atoms with Crippen molar-refractivity contribution in [3.05, 3.63) is 29.3 Å². The molecule has 0 radical (unpaired) electrons. The van der Waals surface area contributed by atoms with Gasteiger partial charge in [0.1, 0.15) is 5.75 Å². The summed E-state index contributed by atoms with van der Waals surface area (Å²) in [6.45, 7) is 2.00. The van der Waals surface area contributed by atoms with E-state index in [9.17, 15) is 9.90 Å². The Balaban J connectivity index is 2.02. The van der Waals surface area contributed by atoms with Crippen molar-refractivity contribution in [2.45, 2.75) is 50.5 Å². The summed E-state index contributed by atoms with van der Waals surface area (Å²) < 4.78 is 5.88. The summed E-state index contributed by atoms with van der Waals surface area (Å²) in [5, 5.41) is 9.55. The second kappa shape index (κ2) is 4.01. The predicted octanol–water partition coefficient (Wildman–Crippen LogP) is 3.04. The van der Waals surface area contributed by atoms with Crippen LogP contribution in [-0.4, -0.2) is 17.2 Å². The molecule has 3 nitrogen and oxygen atoms in total. The van der Waals surface area contributed by atoms with Gasteiger partial charge in [-0.1, -0.05) is 24.1 Å². The van der Waals surface area contributed by atoms with Gasteiger partial charge in [-0.05, 0) is 38.7 Å². The van der Waals surface area contributed by atoms with Gasteiger partial charge in [-0.3, -0.25) is 4.79 Å². The molecule has 1 aromatic rings. The molecule has 1 N–H and O–H groups in total. The van der Waals surface area contributed by atoms with Crippen molar-refractivity contribution >= 4 is 5.97 Å². The van der Waals surface area contributed by atoms with E-state index in [0.717, 1.165) is 49.0 Å². The van der Waals surface area contributed by atoms with E-state index in [1.807, 2.05) is 25.1 Å². The first-order chi connectivity index (χ1) is 8.62. The van der Waals surface area contributed by atoms with E-state index in [1.165, 1.54) is 0 Å². The maximum absolute atomic E-state index is 11.6. The number of aryl methyl sites for hydroxylation is 1. The first-order valence-electron chi connectivity index (χ1n) is 6.63. The number of carbonyl (C=O) groups is 1. The smallest absolute Gasteiger partial charge is 0.314 e. The molecule has 0 saturated heterocycles. The van der Waals surface area contributed by atoms with Crippen LogP contribution in [0.2, 0.25) is 0 Å². The Labute approximate surface area is 107 Å². The first-order valence-corrected chi connectivity index (χ1v) is 6.63. The van der Waals surface area contributed by atoms with Gasteiger partial charge in [0.15, 0.2) is 0 Å². The number of aliphatic carboxylic acids is 1. The average Bonchev–Trinajstić information content (AvgIpc) is 3.03. The molecule has 18 heavy (non-hydrogen) atoms. The minimum atomic E-state index is -0.708. The van der Waals surface area contributed by atoms with Gasteiger partial charge in [0, 0.05) is 5.56 Å². The monoisotopic (exact) mass is 246 g/mol. The molecule has 0 spiro atoms. The van der Waals surface area contributed by atoms with Gasteiger partial charge in [-0.15, -0.1) is 0 Å². The van der Waals surface area contributed by atoms with Crippen molar-refractivity contribution in [1.82, 2.24) is 0 Å². The fraction of sp³-hybridized carbons (Fsp3) is 0.533. The third-order valence-electron chi connectivity index (χ3n) is 4.09. The molecule has 0 aliphatic heterocycles. The lowest BCUT2D eigenvalue weighted by Gasteiger charge is -2.39. The SMILES string of the molecule is Cc1ccc(OC2CC2)c(C2(C(=O)O)CCC2)c1. The maximum Gasteiger partial charge on any atom is 0.314 e. The molecule has 2 aliphatic carbocycles. The Morgan fingerprint density at radius 2 is 2.11 bits per heavy atom. The van der Waals surface area contributed by atoms with Crippen LogP contribution in [0.5, 0.6) is 5.75 Å². The topological polar surface area (TPSA) is 46.5 Å². The predicted molar refractivity (Wildman–Crippen MR) is 68.0 cm³/mol. The Bertz CT molecular complexity index is 485. The lowest BCUT2D eigenvalue weighted by atomic mass is 9.64. The lowest BCUT2D eigenvalue weighted by Crippen LogP contribution is -2.42. The Hall–Kier alpha value is -1.51. The van der Waals surface area contributed by atoms with E-state index in [1.54, 1.807) is 0 Å². The number of hydrogen-bond acceptors (Lipinski definition) is 2. The first kappa shape index (κ1) is 11.6. The van der Waals surface area contributed by atoms with Gasteiger partial charge in [-0.2, -0.15) is 0 Å². The second-order valence-corrected chi connectivity index (χ2v) is 5.56. The Kier molecular flexibility index (Phi) is 2.58. The zero-order chi connectivity index (χ0) is 12.8. The van der Waals surface area contributed by atoms with Crippen LogP contribution in [0.15, 0.2) is 18.2 Å². The van der Waals surface area contributed by atoms with Crippen molar-refractivity contribution < 1.29 is 14.6 Å². The van der Waals surface area contributed by atoms with E-state index in [0.29, 0.717) is 6.10 Å². The van der Waals surface area contributed by atoms with Crippen LogP contribution >= 0.6 is 0 Å². The highest BCUT2D eigenvalue weighted by atomic mass is 16.5. The van der Waals surface area contributed by atoms with Crippen LogP contribution < -0.4 is 4.74 Å². The number of carboxylic acid groups (broad SMARTS) is 1. The summed E-state index contributed by atoms with van der Waals surface area (Å²) in [5.41, 5.74) is 1.28. The standard InChI is InChI=1S/C15H18O3/c1-10-3-6-13(18-11-4-5-11)12(9-10)15(14(16)17)7-2-8-15/h3,6,9,11H,2,4-5,7-8H2,1H3,(H,16,17). The lowest BCUT2D eigenvalue weighted by molar-refractivity contribution is -0.147. The third kappa shape index (κ3) is 1.78. The highest BCUT2D eigenvalue weighted by Gasteiger charge is 2.48. The maximum atomic E-state index is 11.6. The Morgan fingerprint density at radius 1 is 1.39 bits per heavy atom. The molecule has 2 aliphatic rings. The molecule has 0 amide bonds. The van der Waals surface area contributed by atoms with E-state index in [-0.39, 0.29) is 0 Å². The summed E-state index contributed by atoms with van der Waals surface area (Å²) in [5.74, 6) is 0.0743. The molecular formula is C15H18O3. The van der Waals surface area contributed by atoms with Gasteiger partial charge in [-0.25, -0.2) is 0 Å². The molecule has 1 aromatic carbocycles. The molecule has 0 heterocycles. The number of carboxylic acids is 1. The van der Waals surface area contributed by atoms with E-state index in [2.05, 4.69) is 0 Å². The van der Waals surface area contributed by atoms with Crippen LogP contribution in [0, 0.1) is 6.92 Å². The quantitative estimate of drug-likeness (QED) is 0.888. The minimum Gasteiger partial charge on any atom is -0.490 e. The molecule has 0 unspecified atom stereocenters. The zero-order valence-corrected chi connectivity index (χ0v) is 10.6. The molecule has 2 saturated carbocycles. The molecular weight excluding hydrogens is 228 g/mol. The van der Waals surface area contributed by atoms with Crippen LogP contribution in [0.4, 0.5) is 0 Å². The number of rotatable bonds is 4. The second-order valence-electron chi connectivity index (χ2n) is 5.56. The summed E-state index contributed by atoms with van der Waals surface area (Å²) >= 11 is 0. The van der Waals surface area contributed by atoms with Crippen LogP contribution in [-0.2, 0) is 10.2 Å². The summed E-state index contributed by atoms with van der Waals surface area (Å²) in [6, 6.07) is 5.92. The van der Waals surface area contributed by atoms with Crippen LogP contribution in [0.3, 0.4) is 0 Å². The third-order valence-corrected chi connectivity index (χ3v) is 4.09. The number of ether oxygens (including phenoxy) is 1. The van der Waals surface area contributed by atoms with Crippen molar-refractivity contribution in [3.8, 4) is 5.75 Å². The van der Waals surface area contributed by atoms with E-state index < -0.39 is 11.4 Å². The van der Waals surface area contributed by atoms with Crippen molar-refractivity contribution in [1.29, 1.82) is 0 Å². The average molecular weight is 246 g/mol.